The number of rotatable bonds is 3. The number of hydrogen-bond donors (Lipinski definition) is 2. The fourth-order valence-electron chi connectivity index (χ4n) is 2.18. The van der Waals surface area contributed by atoms with E-state index in [1.54, 1.807) is 30.0 Å². The highest BCUT2D eigenvalue weighted by molar-refractivity contribution is 7.99. The van der Waals surface area contributed by atoms with Gasteiger partial charge < -0.3 is 5.11 Å². The van der Waals surface area contributed by atoms with Crippen molar-refractivity contribution in [2.45, 2.75) is 11.3 Å². The molecule has 22 heavy (non-hydrogen) atoms. The van der Waals surface area contributed by atoms with E-state index in [2.05, 4.69) is 10.5 Å². The van der Waals surface area contributed by atoms with E-state index in [-0.39, 0.29) is 11.4 Å². The molecule has 0 bridgehead atoms. The highest BCUT2D eigenvalue weighted by Gasteiger charge is 2.16. The van der Waals surface area contributed by atoms with E-state index in [4.69, 9.17) is 5.11 Å². The Labute approximate surface area is 131 Å². The lowest BCUT2D eigenvalue weighted by molar-refractivity contribution is 0.0697. The average Bonchev–Trinajstić information content (AvgIpc) is 2.53. The Kier molecular flexibility index (Phi) is 4.11. The van der Waals surface area contributed by atoms with E-state index >= 15 is 0 Å². The van der Waals surface area contributed by atoms with Crippen molar-refractivity contribution in [1.82, 2.24) is 0 Å². The number of aromatic carboxylic acids is 1. The molecule has 112 valence electrons. The molecular formula is C16H13FN2O2S. The van der Waals surface area contributed by atoms with E-state index < -0.39 is 5.97 Å². The molecule has 0 saturated carbocycles. The van der Waals surface area contributed by atoms with Gasteiger partial charge in [-0.1, -0.05) is 0 Å². The number of nitrogens with one attached hydrogen (secondary N) is 1. The highest BCUT2D eigenvalue weighted by Crippen LogP contribution is 2.30. The van der Waals surface area contributed by atoms with Crippen LogP contribution in [0.3, 0.4) is 0 Å². The summed E-state index contributed by atoms with van der Waals surface area (Å²) < 4.78 is 13.4. The summed E-state index contributed by atoms with van der Waals surface area (Å²) in [5.41, 5.74) is 5.43. The van der Waals surface area contributed by atoms with Gasteiger partial charge >= 0.3 is 5.97 Å². The van der Waals surface area contributed by atoms with Crippen molar-refractivity contribution >= 4 is 29.1 Å². The zero-order valence-electron chi connectivity index (χ0n) is 11.5. The minimum absolute atomic E-state index is 0.222. The van der Waals surface area contributed by atoms with Gasteiger partial charge in [0.15, 0.2) is 0 Å². The smallest absolute Gasteiger partial charge is 0.335 e. The maximum atomic E-state index is 13.4. The molecule has 0 aromatic heterocycles. The van der Waals surface area contributed by atoms with Crippen LogP contribution >= 0.6 is 11.8 Å². The maximum Gasteiger partial charge on any atom is 0.335 e. The third-order valence-corrected chi connectivity index (χ3v) is 4.38. The summed E-state index contributed by atoms with van der Waals surface area (Å²) in [5, 5.41) is 13.2. The van der Waals surface area contributed by atoms with Crippen LogP contribution in [0.2, 0.25) is 0 Å². The van der Waals surface area contributed by atoms with Crippen LogP contribution in [0.5, 0.6) is 0 Å². The number of anilines is 1. The lowest BCUT2D eigenvalue weighted by Crippen LogP contribution is -2.12. The fourth-order valence-corrected chi connectivity index (χ4v) is 3.19. The normalized spacial score (nSPS) is 15.4. The Balaban J connectivity index is 1.82. The minimum Gasteiger partial charge on any atom is -0.478 e. The predicted octanol–water partition coefficient (Wildman–Crippen LogP) is 3.84. The van der Waals surface area contributed by atoms with Gasteiger partial charge in [0.2, 0.25) is 0 Å². The third-order valence-electron chi connectivity index (χ3n) is 3.30. The van der Waals surface area contributed by atoms with Crippen LogP contribution in [0.15, 0.2) is 52.5 Å². The van der Waals surface area contributed by atoms with E-state index in [0.29, 0.717) is 5.69 Å². The number of hydrogen-bond acceptors (Lipinski definition) is 4. The van der Waals surface area contributed by atoms with Crippen molar-refractivity contribution in [2.75, 3.05) is 11.2 Å². The molecule has 1 aliphatic rings. The second kappa shape index (κ2) is 6.19. The van der Waals surface area contributed by atoms with Crippen LogP contribution in [0.25, 0.3) is 0 Å². The number of carbonyl (C=O) groups is 1. The number of fused-ring (bicyclic) bond motifs is 1. The van der Waals surface area contributed by atoms with Crippen molar-refractivity contribution in [1.29, 1.82) is 0 Å². The molecule has 0 saturated heterocycles. The summed E-state index contributed by atoms with van der Waals surface area (Å²) in [5.74, 6) is -0.344. The molecule has 0 fully saturated rings. The molecule has 0 aliphatic carbocycles. The first kappa shape index (κ1) is 14.6. The van der Waals surface area contributed by atoms with Crippen LogP contribution in [0.4, 0.5) is 10.1 Å². The topological polar surface area (TPSA) is 61.7 Å². The van der Waals surface area contributed by atoms with Gasteiger partial charge in [0.1, 0.15) is 5.82 Å². The SMILES string of the molecule is O=C(O)c1ccc(N/N=C2\CCSc3ccc(F)cc32)cc1. The summed E-state index contributed by atoms with van der Waals surface area (Å²) in [7, 11) is 0. The number of carboxylic acid groups (broad SMARTS) is 1. The Bertz CT molecular complexity index is 744. The first-order valence-corrected chi connectivity index (χ1v) is 7.71. The molecule has 0 spiro atoms. The largest absolute Gasteiger partial charge is 0.478 e. The molecule has 0 radical (unpaired) electrons. The molecule has 1 aliphatic heterocycles. The van der Waals surface area contributed by atoms with Crippen molar-refractivity contribution in [2.24, 2.45) is 5.10 Å². The monoisotopic (exact) mass is 316 g/mol. The minimum atomic E-state index is -0.966. The van der Waals surface area contributed by atoms with Gasteiger partial charge in [-0.2, -0.15) is 5.10 Å². The number of benzene rings is 2. The quantitative estimate of drug-likeness (QED) is 0.845. The highest BCUT2D eigenvalue weighted by atomic mass is 32.2. The molecule has 0 atom stereocenters. The third kappa shape index (κ3) is 3.12. The van der Waals surface area contributed by atoms with Crippen molar-refractivity contribution in [3.63, 3.8) is 0 Å². The standard InChI is InChI=1S/C16H13FN2O2S/c17-11-3-6-15-13(9-11)14(7-8-22-15)19-18-12-4-1-10(2-5-12)16(20)21/h1-6,9,18H,7-8H2,(H,20,21)/b19-14+. The summed E-state index contributed by atoms with van der Waals surface area (Å²) in [6.45, 7) is 0. The Morgan fingerprint density at radius 2 is 2.00 bits per heavy atom. The van der Waals surface area contributed by atoms with Crippen LogP contribution < -0.4 is 5.43 Å². The second-order valence-corrected chi connectivity index (χ2v) is 5.93. The average molecular weight is 316 g/mol. The summed E-state index contributed by atoms with van der Waals surface area (Å²) in [6.07, 6.45) is 0.751. The van der Waals surface area contributed by atoms with Crippen LogP contribution in [0, 0.1) is 5.82 Å². The predicted molar refractivity (Wildman–Crippen MR) is 85.3 cm³/mol. The van der Waals surface area contributed by atoms with Crippen LogP contribution in [0.1, 0.15) is 22.3 Å². The van der Waals surface area contributed by atoms with E-state index in [0.717, 1.165) is 28.3 Å². The Hall–Kier alpha value is -2.34. The van der Waals surface area contributed by atoms with E-state index in [1.807, 2.05) is 0 Å². The molecular weight excluding hydrogens is 303 g/mol. The summed E-state index contributed by atoms with van der Waals surface area (Å²) in [4.78, 5) is 11.8. The van der Waals surface area contributed by atoms with Crippen molar-refractivity contribution < 1.29 is 14.3 Å². The van der Waals surface area contributed by atoms with Gasteiger partial charge in [-0.25, -0.2) is 9.18 Å². The zero-order valence-corrected chi connectivity index (χ0v) is 12.4. The zero-order chi connectivity index (χ0) is 15.5. The molecule has 6 heteroatoms. The molecule has 2 aromatic rings. The number of hydrazone groups is 1. The van der Waals surface area contributed by atoms with Gasteiger partial charge in [0.05, 0.1) is 17.0 Å². The van der Waals surface area contributed by atoms with Crippen molar-refractivity contribution in [3.8, 4) is 0 Å². The Morgan fingerprint density at radius 1 is 1.23 bits per heavy atom. The summed E-state index contributed by atoms with van der Waals surface area (Å²) >= 11 is 1.69. The van der Waals surface area contributed by atoms with Gasteiger partial charge in [-0.05, 0) is 42.5 Å². The lowest BCUT2D eigenvalue weighted by Gasteiger charge is -2.17. The van der Waals surface area contributed by atoms with Crippen LogP contribution in [-0.4, -0.2) is 22.5 Å². The molecule has 2 N–H and O–H groups in total. The molecule has 4 nitrogen and oxygen atoms in total. The van der Waals surface area contributed by atoms with E-state index in [9.17, 15) is 9.18 Å². The maximum absolute atomic E-state index is 13.4. The summed E-state index contributed by atoms with van der Waals surface area (Å²) in [6, 6.07) is 11.0. The van der Waals surface area contributed by atoms with Gasteiger partial charge in [0.25, 0.3) is 0 Å². The van der Waals surface area contributed by atoms with Gasteiger partial charge in [0, 0.05) is 22.6 Å². The second-order valence-electron chi connectivity index (χ2n) is 4.79. The molecule has 0 amide bonds. The number of halogens is 1. The Morgan fingerprint density at radius 3 is 2.73 bits per heavy atom. The lowest BCUT2D eigenvalue weighted by atomic mass is 10.1. The molecule has 2 aromatic carbocycles. The van der Waals surface area contributed by atoms with Crippen molar-refractivity contribution in [3.05, 3.63) is 59.4 Å². The molecule has 0 unspecified atom stereocenters. The number of nitrogens with zero attached hydrogens (tertiary/aromatic N) is 1. The first-order valence-electron chi connectivity index (χ1n) is 6.72. The van der Waals surface area contributed by atoms with Gasteiger partial charge in [-0.3, -0.25) is 5.43 Å². The fraction of sp³-hybridized carbons (Fsp3) is 0.125. The van der Waals surface area contributed by atoms with Crippen LogP contribution in [-0.2, 0) is 0 Å². The van der Waals surface area contributed by atoms with Gasteiger partial charge in [-0.15, -0.1) is 11.8 Å². The molecule has 1 heterocycles. The van der Waals surface area contributed by atoms with E-state index in [1.165, 1.54) is 24.3 Å². The molecule has 3 rings (SSSR count). The first-order chi connectivity index (χ1) is 10.6. The number of thioether (sulfide) groups is 1. The number of carboxylic acids is 1.